The first-order chi connectivity index (χ1) is 9.45. The summed E-state index contributed by atoms with van der Waals surface area (Å²) in [6.45, 7) is 7.23. The van der Waals surface area contributed by atoms with E-state index in [-0.39, 0.29) is 0 Å². The molecule has 0 spiro atoms. The van der Waals surface area contributed by atoms with E-state index in [9.17, 15) is 0 Å². The van der Waals surface area contributed by atoms with Crippen LogP contribution in [0.15, 0.2) is 18.2 Å². The molecule has 20 heavy (non-hydrogen) atoms. The maximum Gasteiger partial charge on any atom is 0.131 e. The van der Waals surface area contributed by atoms with Gasteiger partial charge in [-0.3, -0.25) is 0 Å². The molecule has 0 aliphatic carbocycles. The molecule has 108 valence electrons. The van der Waals surface area contributed by atoms with Crippen LogP contribution < -0.4 is 5.73 Å². The van der Waals surface area contributed by atoms with Crippen molar-refractivity contribution in [3.63, 3.8) is 0 Å². The van der Waals surface area contributed by atoms with Gasteiger partial charge in [-0.25, -0.2) is 4.98 Å². The molecule has 0 fully saturated rings. The molecule has 0 radical (unpaired) electrons. The highest BCUT2D eigenvalue weighted by molar-refractivity contribution is 6.43. The standard InChI is InChI=1S/C15H19Cl2N3/c1-4-12-19-14(15(18)20(12)8-9(2)3)10-6-5-7-11(16)13(10)17/h5-7,9H,4,8,18H2,1-3H3. The Bertz CT molecular complexity index is 618. The minimum Gasteiger partial charge on any atom is -0.383 e. The molecule has 3 nitrogen and oxygen atoms in total. The van der Waals surface area contributed by atoms with Crippen molar-refractivity contribution in [1.29, 1.82) is 0 Å². The Kier molecular flexibility index (Phi) is 4.61. The van der Waals surface area contributed by atoms with E-state index in [0.29, 0.717) is 21.8 Å². The number of nitrogen functional groups attached to an aromatic ring is 1. The Morgan fingerprint density at radius 1 is 1.30 bits per heavy atom. The molecule has 5 heteroatoms. The van der Waals surface area contributed by atoms with Crippen molar-refractivity contribution >= 4 is 29.0 Å². The van der Waals surface area contributed by atoms with Gasteiger partial charge in [-0.1, -0.05) is 56.1 Å². The first-order valence-electron chi connectivity index (χ1n) is 6.74. The van der Waals surface area contributed by atoms with Gasteiger partial charge in [0.05, 0.1) is 10.0 Å². The number of hydrogen-bond donors (Lipinski definition) is 1. The van der Waals surface area contributed by atoms with Crippen molar-refractivity contribution < 1.29 is 0 Å². The van der Waals surface area contributed by atoms with Gasteiger partial charge >= 0.3 is 0 Å². The molecule has 0 atom stereocenters. The average molecular weight is 312 g/mol. The summed E-state index contributed by atoms with van der Waals surface area (Å²) in [5.41, 5.74) is 7.78. The third-order valence-electron chi connectivity index (χ3n) is 3.16. The van der Waals surface area contributed by atoms with Gasteiger partial charge in [0.1, 0.15) is 17.3 Å². The Morgan fingerprint density at radius 2 is 2.00 bits per heavy atom. The van der Waals surface area contributed by atoms with Gasteiger partial charge in [0, 0.05) is 18.5 Å². The molecule has 1 heterocycles. The van der Waals surface area contributed by atoms with E-state index in [1.54, 1.807) is 6.07 Å². The van der Waals surface area contributed by atoms with Gasteiger partial charge in [-0.15, -0.1) is 0 Å². The number of nitrogens with zero attached hydrogens (tertiary/aromatic N) is 2. The Balaban J connectivity index is 2.58. The number of imidazole rings is 1. The summed E-state index contributed by atoms with van der Waals surface area (Å²) in [5.74, 6) is 2.13. The number of hydrogen-bond acceptors (Lipinski definition) is 2. The lowest BCUT2D eigenvalue weighted by Crippen LogP contribution is -2.10. The molecule has 2 N–H and O–H groups in total. The third-order valence-corrected chi connectivity index (χ3v) is 3.98. The minimum absolute atomic E-state index is 0.498. The predicted molar refractivity (Wildman–Crippen MR) is 86.3 cm³/mol. The zero-order valence-electron chi connectivity index (χ0n) is 12.0. The summed E-state index contributed by atoms with van der Waals surface area (Å²) in [4.78, 5) is 4.65. The topological polar surface area (TPSA) is 43.8 Å². The van der Waals surface area contributed by atoms with Crippen LogP contribution in [0.2, 0.25) is 10.0 Å². The van der Waals surface area contributed by atoms with Crippen molar-refractivity contribution in [1.82, 2.24) is 9.55 Å². The molecule has 2 rings (SSSR count). The maximum absolute atomic E-state index is 6.28. The second-order valence-corrected chi connectivity index (χ2v) is 6.01. The lowest BCUT2D eigenvalue weighted by molar-refractivity contribution is 0.513. The summed E-state index contributed by atoms with van der Waals surface area (Å²) >= 11 is 12.3. The highest BCUT2D eigenvalue weighted by Gasteiger charge is 2.18. The zero-order valence-corrected chi connectivity index (χ0v) is 13.5. The van der Waals surface area contributed by atoms with Crippen LogP contribution >= 0.6 is 23.2 Å². The fraction of sp³-hybridized carbons (Fsp3) is 0.400. The maximum atomic E-state index is 6.28. The zero-order chi connectivity index (χ0) is 14.9. The molecule has 1 aromatic heterocycles. The fourth-order valence-corrected chi connectivity index (χ4v) is 2.63. The van der Waals surface area contributed by atoms with E-state index in [4.69, 9.17) is 28.9 Å². The lowest BCUT2D eigenvalue weighted by atomic mass is 10.1. The second-order valence-electron chi connectivity index (χ2n) is 5.22. The van der Waals surface area contributed by atoms with Crippen LogP contribution in [-0.4, -0.2) is 9.55 Å². The largest absolute Gasteiger partial charge is 0.383 e. The van der Waals surface area contributed by atoms with Crippen molar-refractivity contribution in [2.45, 2.75) is 33.7 Å². The van der Waals surface area contributed by atoms with Gasteiger partial charge < -0.3 is 10.3 Å². The molecule has 0 bridgehead atoms. The number of anilines is 1. The number of halogens is 2. The summed E-state index contributed by atoms with van der Waals surface area (Å²) in [6.07, 6.45) is 0.828. The predicted octanol–water partition coefficient (Wildman–Crippen LogP) is 4.66. The summed E-state index contributed by atoms with van der Waals surface area (Å²) in [7, 11) is 0. The van der Waals surface area contributed by atoms with E-state index >= 15 is 0 Å². The molecule has 0 aliphatic heterocycles. The number of aromatic nitrogens is 2. The van der Waals surface area contributed by atoms with E-state index < -0.39 is 0 Å². The van der Waals surface area contributed by atoms with Crippen molar-refractivity contribution in [3.8, 4) is 11.3 Å². The highest BCUT2D eigenvalue weighted by atomic mass is 35.5. The van der Waals surface area contributed by atoms with Crippen molar-refractivity contribution in [3.05, 3.63) is 34.1 Å². The highest BCUT2D eigenvalue weighted by Crippen LogP contribution is 2.36. The average Bonchev–Trinajstić information content (AvgIpc) is 2.70. The SMILES string of the molecule is CCc1nc(-c2cccc(Cl)c2Cl)c(N)n1CC(C)C. The van der Waals surface area contributed by atoms with Crippen LogP contribution in [0.1, 0.15) is 26.6 Å². The molecule has 0 saturated carbocycles. The molecule has 0 amide bonds. The molecule has 0 unspecified atom stereocenters. The summed E-state index contributed by atoms with van der Waals surface area (Å²) in [6, 6.07) is 5.51. The molecular weight excluding hydrogens is 293 g/mol. The van der Waals surface area contributed by atoms with Crippen molar-refractivity contribution in [2.75, 3.05) is 5.73 Å². The van der Waals surface area contributed by atoms with Gasteiger partial charge in [-0.2, -0.15) is 0 Å². The Labute approximate surface area is 129 Å². The van der Waals surface area contributed by atoms with Crippen LogP contribution in [0.3, 0.4) is 0 Å². The normalized spacial score (nSPS) is 11.3. The van der Waals surface area contributed by atoms with E-state index in [2.05, 4.69) is 30.3 Å². The summed E-state index contributed by atoms with van der Waals surface area (Å²) < 4.78 is 2.07. The molecule has 1 aromatic carbocycles. The Hall–Kier alpha value is -1.19. The Morgan fingerprint density at radius 3 is 2.60 bits per heavy atom. The second kappa shape index (κ2) is 6.06. The third kappa shape index (κ3) is 2.79. The van der Waals surface area contributed by atoms with Crippen LogP contribution in [0, 0.1) is 5.92 Å². The quantitative estimate of drug-likeness (QED) is 0.892. The molecule has 0 saturated heterocycles. The van der Waals surface area contributed by atoms with Gasteiger partial charge in [0.2, 0.25) is 0 Å². The van der Waals surface area contributed by atoms with Crippen molar-refractivity contribution in [2.24, 2.45) is 5.92 Å². The molecule has 2 aromatic rings. The minimum atomic E-state index is 0.498. The van der Waals surface area contributed by atoms with E-state index in [1.807, 2.05) is 12.1 Å². The smallest absolute Gasteiger partial charge is 0.131 e. The summed E-state index contributed by atoms with van der Waals surface area (Å²) in [5, 5.41) is 1.01. The number of aryl methyl sites for hydroxylation is 1. The van der Waals surface area contributed by atoms with Gasteiger partial charge in [0.15, 0.2) is 0 Å². The number of benzene rings is 1. The lowest BCUT2D eigenvalue weighted by Gasteiger charge is -2.11. The van der Waals surface area contributed by atoms with E-state index in [1.165, 1.54) is 0 Å². The monoisotopic (exact) mass is 311 g/mol. The molecule has 0 aliphatic rings. The first-order valence-corrected chi connectivity index (χ1v) is 7.50. The van der Waals surface area contributed by atoms with Crippen LogP contribution in [0.25, 0.3) is 11.3 Å². The van der Waals surface area contributed by atoms with E-state index in [0.717, 1.165) is 30.0 Å². The van der Waals surface area contributed by atoms with Crippen LogP contribution in [-0.2, 0) is 13.0 Å². The number of rotatable bonds is 4. The van der Waals surface area contributed by atoms with Crippen LogP contribution in [0.4, 0.5) is 5.82 Å². The first kappa shape index (κ1) is 15.2. The van der Waals surface area contributed by atoms with Gasteiger partial charge in [-0.05, 0) is 12.0 Å². The number of nitrogens with two attached hydrogens (primary N) is 1. The van der Waals surface area contributed by atoms with Crippen LogP contribution in [0.5, 0.6) is 0 Å². The molecular formula is C15H19Cl2N3. The fourth-order valence-electron chi connectivity index (χ4n) is 2.24. The van der Waals surface area contributed by atoms with Gasteiger partial charge in [0.25, 0.3) is 0 Å².